The second kappa shape index (κ2) is 11.2. The molecule has 3 rings (SSSR count). The average molecular weight is 513 g/mol. The Morgan fingerprint density at radius 2 is 1.56 bits per heavy atom. The van der Waals surface area contributed by atoms with Crippen molar-refractivity contribution in [2.75, 3.05) is 7.11 Å². The van der Waals surface area contributed by atoms with E-state index in [9.17, 15) is 45.3 Å². The lowest BCUT2D eigenvalue weighted by Crippen LogP contribution is -2.68. The number of hydrogen-bond donors (Lipinski definition) is 8. The Kier molecular flexibility index (Phi) is 8.69. The highest BCUT2D eigenvalue weighted by molar-refractivity contribution is 5.97. The van der Waals surface area contributed by atoms with E-state index in [1.54, 1.807) is 0 Å². The summed E-state index contributed by atoms with van der Waals surface area (Å²) in [5, 5.41) is 73.4. The van der Waals surface area contributed by atoms with Crippen molar-refractivity contribution in [1.29, 1.82) is 0 Å². The van der Waals surface area contributed by atoms with Gasteiger partial charge in [-0.3, -0.25) is 9.59 Å². The number of rotatable bonds is 7. The van der Waals surface area contributed by atoms with E-state index in [1.807, 2.05) is 0 Å². The molecular weight excluding hydrogens is 482 g/mol. The van der Waals surface area contributed by atoms with Crippen LogP contribution in [0, 0.1) is 0 Å². The molecular formula is C23H31NO12. The van der Waals surface area contributed by atoms with Crippen molar-refractivity contribution in [3.8, 4) is 11.5 Å². The largest absolute Gasteiger partial charge is 0.504 e. The number of aliphatic hydroxyl groups excluding tert-OH is 6. The molecule has 36 heavy (non-hydrogen) atoms. The van der Waals surface area contributed by atoms with Crippen molar-refractivity contribution in [2.45, 2.75) is 75.0 Å². The standard InChI is InChI=1S/C23H31NO12/c1-8(22(33)24-13-14(27)16(29)21(34-3)17(30)15(13)28)6-10-4-5-12(11(26)7-10)35-23-19(32)18(31)20(36-23)9(2)25/h4-7,13-21,23,26-32H,1-3H3,(H,24,33)/t13?,14-,15+,16-,17-,18-,19-,20-,21?,23+/m1/s1. The normalized spacial score (nSPS) is 37.0. The molecule has 0 radical (unpaired) electrons. The van der Waals surface area contributed by atoms with Crippen LogP contribution in [0.5, 0.6) is 11.5 Å². The van der Waals surface area contributed by atoms with Gasteiger partial charge < -0.3 is 55.3 Å². The van der Waals surface area contributed by atoms with Crippen LogP contribution in [0.3, 0.4) is 0 Å². The number of aromatic hydroxyl groups is 1. The second-order valence-corrected chi connectivity index (χ2v) is 8.85. The Morgan fingerprint density at radius 3 is 2.06 bits per heavy atom. The molecule has 1 aliphatic carbocycles. The van der Waals surface area contributed by atoms with Crippen LogP contribution >= 0.6 is 0 Å². The van der Waals surface area contributed by atoms with Gasteiger partial charge in [-0.1, -0.05) is 6.07 Å². The highest BCUT2D eigenvalue weighted by Crippen LogP contribution is 2.32. The first-order valence-electron chi connectivity index (χ1n) is 11.1. The molecule has 1 saturated carbocycles. The summed E-state index contributed by atoms with van der Waals surface area (Å²) in [6, 6.07) is 2.65. The van der Waals surface area contributed by atoms with Gasteiger partial charge in [-0.2, -0.15) is 0 Å². The fourth-order valence-corrected chi connectivity index (χ4v) is 4.18. The Morgan fingerprint density at radius 1 is 0.944 bits per heavy atom. The minimum atomic E-state index is -1.61. The van der Waals surface area contributed by atoms with E-state index in [-0.39, 0.29) is 17.1 Å². The van der Waals surface area contributed by atoms with Gasteiger partial charge in [-0.15, -0.1) is 0 Å². The van der Waals surface area contributed by atoms with Crippen molar-refractivity contribution in [3.05, 3.63) is 29.3 Å². The van der Waals surface area contributed by atoms with Gasteiger partial charge in [0.25, 0.3) is 0 Å². The van der Waals surface area contributed by atoms with E-state index in [2.05, 4.69) is 5.32 Å². The van der Waals surface area contributed by atoms with Gasteiger partial charge in [0.2, 0.25) is 12.2 Å². The molecule has 8 N–H and O–H groups in total. The van der Waals surface area contributed by atoms with Gasteiger partial charge in [-0.25, -0.2) is 0 Å². The van der Waals surface area contributed by atoms with Gasteiger partial charge in [0, 0.05) is 12.7 Å². The maximum Gasteiger partial charge on any atom is 0.247 e. The molecule has 2 unspecified atom stereocenters. The molecule has 13 nitrogen and oxygen atoms in total. The smallest absolute Gasteiger partial charge is 0.247 e. The van der Waals surface area contributed by atoms with Crippen molar-refractivity contribution < 1.29 is 59.5 Å². The summed E-state index contributed by atoms with van der Waals surface area (Å²) in [6.45, 7) is 2.62. The van der Waals surface area contributed by atoms with Crippen LogP contribution in [0.4, 0.5) is 0 Å². The first-order valence-corrected chi connectivity index (χ1v) is 11.1. The summed E-state index contributed by atoms with van der Waals surface area (Å²) in [4.78, 5) is 24.1. The van der Waals surface area contributed by atoms with Gasteiger partial charge in [0.15, 0.2) is 17.3 Å². The summed E-state index contributed by atoms with van der Waals surface area (Å²) < 4.78 is 15.5. The molecule has 200 valence electrons. The second-order valence-electron chi connectivity index (χ2n) is 8.85. The third-order valence-corrected chi connectivity index (χ3v) is 6.27. The number of carbonyl (C=O) groups is 2. The molecule has 0 aromatic heterocycles. The molecule has 1 aromatic rings. The topological polar surface area (TPSA) is 215 Å². The summed E-state index contributed by atoms with van der Waals surface area (Å²) >= 11 is 0. The first kappa shape index (κ1) is 28.0. The summed E-state index contributed by atoms with van der Waals surface area (Å²) in [7, 11) is 1.20. The van der Waals surface area contributed by atoms with Crippen LogP contribution in [0.1, 0.15) is 19.4 Å². The molecule has 0 spiro atoms. The lowest BCUT2D eigenvalue weighted by molar-refractivity contribution is -0.199. The van der Waals surface area contributed by atoms with Crippen molar-refractivity contribution in [2.24, 2.45) is 0 Å². The highest BCUT2D eigenvalue weighted by atomic mass is 16.7. The molecule has 2 fully saturated rings. The van der Waals surface area contributed by atoms with Crippen LogP contribution in [0.2, 0.25) is 0 Å². The predicted octanol–water partition coefficient (Wildman–Crippen LogP) is -2.83. The van der Waals surface area contributed by atoms with E-state index in [4.69, 9.17) is 14.2 Å². The molecule has 1 amide bonds. The van der Waals surface area contributed by atoms with E-state index in [1.165, 1.54) is 45.2 Å². The summed E-state index contributed by atoms with van der Waals surface area (Å²) in [6.07, 6.45) is -11.9. The Balaban J connectivity index is 1.68. The number of aliphatic hydroxyl groups is 6. The number of nitrogens with one attached hydrogen (secondary N) is 1. The molecule has 1 saturated heterocycles. The van der Waals surface area contributed by atoms with Crippen molar-refractivity contribution in [3.63, 3.8) is 0 Å². The van der Waals surface area contributed by atoms with Crippen LogP contribution in [0.25, 0.3) is 6.08 Å². The van der Waals surface area contributed by atoms with Crippen molar-refractivity contribution >= 4 is 17.8 Å². The number of methoxy groups -OCH3 is 1. The molecule has 1 heterocycles. The maximum absolute atomic E-state index is 12.6. The monoisotopic (exact) mass is 513 g/mol. The summed E-state index contributed by atoms with van der Waals surface area (Å²) in [5.74, 6) is -1.72. The van der Waals surface area contributed by atoms with Gasteiger partial charge in [0.1, 0.15) is 48.8 Å². The number of ether oxygens (including phenoxy) is 3. The van der Waals surface area contributed by atoms with Gasteiger partial charge in [0.05, 0.1) is 6.04 Å². The molecule has 10 atom stereocenters. The zero-order valence-corrected chi connectivity index (χ0v) is 19.8. The average Bonchev–Trinajstić information content (AvgIpc) is 3.11. The number of ketones is 1. The zero-order chi connectivity index (χ0) is 26.9. The third kappa shape index (κ3) is 5.53. The highest BCUT2D eigenvalue weighted by Gasteiger charge is 2.50. The lowest BCUT2D eigenvalue weighted by atomic mass is 9.83. The van der Waals surface area contributed by atoms with E-state index in [0.29, 0.717) is 5.56 Å². The van der Waals surface area contributed by atoms with Crippen molar-refractivity contribution in [1.82, 2.24) is 5.32 Å². The molecule has 2 aliphatic rings. The molecule has 1 aromatic carbocycles. The quantitative estimate of drug-likeness (QED) is 0.173. The minimum absolute atomic E-state index is 0.0993. The Bertz CT molecular complexity index is 983. The number of hydrogen-bond acceptors (Lipinski definition) is 12. The third-order valence-electron chi connectivity index (χ3n) is 6.27. The number of Topliss-reactive ketones (excluding diaryl/α,β-unsaturated/α-hetero) is 1. The molecule has 1 aliphatic heterocycles. The Labute approximate surface area is 206 Å². The number of phenols is 1. The molecule has 0 bridgehead atoms. The van der Waals surface area contributed by atoms with E-state index in [0.717, 1.165) is 0 Å². The lowest BCUT2D eigenvalue weighted by Gasteiger charge is -2.43. The van der Waals surface area contributed by atoms with Gasteiger partial charge in [-0.05, 0) is 37.6 Å². The van der Waals surface area contributed by atoms with Gasteiger partial charge >= 0.3 is 0 Å². The van der Waals surface area contributed by atoms with Crippen LogP contribution in [-0.4, -0.2) is 116 Å². The zero-order valence-electron chi connectivity index (χ0n) is 19.8. The fourth-order valence-electron chi connectivity index (χ4n) is 4.18. The number of amides is 1. The van der Waals surface area contributed by atoms with E-state index < -0.39 is 72.9 Å². The minimum Gasteiger partial charge on any atom is -0.504 e. The predicted molar refractivity (Wildman–Crippen MR) is 120 cm³/mol. The molecule has 13 heteroatoms. The summed E-state index contributed by atoms with van der Waals surface area (Å²) in [5.41, 5.74) is 0.452. The number of phenolic OH excluding ortho intramolecular Hbond substituents is 1. The van der Waals surface area contributed by atoms with E-state index >= 15 is 0 Å². The van der Waals surface area contributed by atoms with Crippen LogP contribution in [0.15, 0.2) is 23.8 Å². The van der Waals surface area contributed by atoms with Crippen LogP contribution in [-0.2, 0) is 19.1 Å². The SMILES string of the molecule is COC1[C@H](O)[C@H](O)C(NC(=O)C(C)=Cc2ccc(O[C@H]3O[C@H](C(C)=O)[C@H](O)[C@H]3O)c(O)c2)[C@H](O)[C@H]1O. The fraction of sp³-hybridized carbons (Fsp3) is 0.565. The van der Waals surface area contributed by atoms with Crippen LogP contribution < -0.4 is 10.1 Å². The Hall–Kier alpha value is -2.62. The number of benzene rings is 1. The maximum atomic E-state index is 12.6. The first-order chi connectivity index (χ1) is 16.9. The number of carbonyl (C=O) groups excluding carboxylic acids is 2.